The van der Waals surface area contributed by atoms with Gasteiger partial charge in [-0.15, -0.1) is 0 Å². The molecular weight excluding hydrogens is 329 g/mol. The summed E-state index contributed by atoms with van der Waals surface area (Å²) in [4.78, 5) is 0. The predicted molar refractivity (Wildman–Crippen MR) is 6.92 cm³/mol. The Labute approximate surface area is 64.1 Å². The van der Waals surface area contributed by atoms with Gasteiger partial charge in [-0.1, -0.05) is 0 Å². The molecule has 0 aromatic rings. The van der Waals surface area contributed by atoms with Crippen LogP contribution in [0.2, 0.25) is 0 Å². The third kappa shape index (κ3) is 8.92. The average molecular weight is 329 g/mol. The Hall–Kier alpha value is 2.13. The maximum Gasteiger partial charge on any atom is 0 e. The molecule has 0 aliphatic heterocycles. The molecule has 0 spiro atoms. The number of hydrogen-bond acceptors (Lipinski definition) is 0. The van der Waals surface area contributed by atoms with E-state index >= 15 is 0 Å². The standard InChI is InChI=1S/Fe.Ni.P.W. The Bertz CT molecular complexity index is 8.00. The molecule has 0 saturated heterocycles. The van der Waals surface area contributed by atoms with Gasteiger partial charge in [0.2, 0.25) is 0 Å². The molecule has 3 radical (unpaired) electrons. The number of hydrogen-bond donors (Lipinski definition) is 0. The van der Waals surface area contributed by atoms with Crippen LogP contribution < -0.4 is 0 Å². The molecule has 0 N–H and O–H groups in total. The van der Waals surface area contributed by atoms with E-state index in [1.807, 2.05) is 0 Å². The molecule has 4 heavy (non-hydrogen) atoms. The zero-order valence-electron chi connectivity index (χ0n) is 1.53. The van der Waals surface area contributed by atoms with Gasteiger partial charge in [-0.2, -0.15) is 0 Å². The molecule has 0 bridgehead atoms. The van der Waals surface area contributed by atoms with Crippen molar-refractivity contribution in [2.24, 2.45) is 0 Å². The van der Waals surface area contributed by atoms with Gasteiger partial charge >= 0.3 is 0 Å². The summed E-state index contributed by atoms with van der Waals surface area (Å²) in [6, 6.07) is 0. The Morgan fingerprint density at radius 2 is 1.00 bits per heavy atom. The topological polar surface area (TPSA) is 0 Å². The van der Waals surface area contributed by atoms with Crippen LogP contribution in [0.15, 0.2) is 0 Å². The molecule has 0 rings (SSSR count). The molecule has 0 saturated carbocycles. The van der Waals surface area contributed by atoms with Crippen LogP contribution in [0.1, 0.15) is 0 Å². The van der Waals surface area contributed by atoms with Gasteiger partial charge in [-0.3, -0.25) is 0 Å². The van der Waals surface area contributed by atoms with Gasteiger partial charge in [-0.25, -0.2) is 0 Å². The Morgan fingerprint density at radius 1 is 1.00 bits per heavy atom. The van der Waals surface area contributed by atoms with Gasteiger partial charge in [0.1, 0.15) is 0 Å². The normalized spacial score (nSPS) is 0. The molecule has 0 aliphatic carbocycles. The fraction of sp³-hybridized carbons (Fsp3) is 0. The van der Waals surface area contributed by atoms with Crippen molar-refractivity contribution in [3.63, 3.8) is 0 Å². The third-order valence-corrected chi connectivity index (χ3v) is 0. The molecule has 0 nitrogen and oxygen atoms in total. The Balaban J connectivity index is 0. The minimum Gasteiger partial charge on any atom is 0 e. The van der Waals surface area contributed by atoms with Gasteiger partial charge in [0.05, 0.1) is 0 Å². The van der Waals surface area contributed by atoms with Crippen LogP contribution in [0.3, 0.4) is 0 Å². The first-order valence-electron chi connectivity index (χ1n) is 0. The first-order valence-corrected chi connectivity index (χ1v) is 0. The second-order valence-electron chi connectivity index (χ2n) is 0. The van der Waals surface area contributed by atoms with E-state index in [-0.39, 0.29) is 64.5 Å². The SMILES string of the molecule is [Fe].[Ni].[P].[W]. The molecule has 0 unspecified atom stereocenters. The van der Waals surface area contributed by atoms with Crippen LogP contribution in [0.5, 0.6) is 0 Å². The maximum atomic E-state index is 0. The summed E-state index contributed by atoms with van der Waals surface area (Å²) in [5.41, 5.74) is 0. The van der Waals surface area contributed by atoms with E-state index in [0.717, 1.165) is 0 Å². The number of rotatable bonds is 0. The summed E-state index contributed by atoms with van der Waals surface area (Å²) < 4.78 is 0. The minimum absolute atomic E-state index is 0. The quantitative estimate of drug-likeness (QED) is 0.457. The van der Waals surface area contributed by atoms with Crippen LogP contribution in [0.4, 0.5) is 0 Å². The molecule has 0 atom stereocenters. The first-order chi connectivity index (χ1) is 0. The van der Waals surface area contributed by atoms with E-state index in [4.69, 9.17) is 0 Å². The van der Waals surface area contributed by atoms with Crippen LogP contribution in [0, 0.1) is 0 Å². The van der Waals surface area contributed by atoms with Crippen molar-refractivity contribution < 1.29 is 54.6 Å². The molecule has 0 aliphatic rings. The fourth-order valence-corrected chi connectivity index (χ4v) is 0. The van der Waals surface area contributed by atoms with E-state index in [2.05, 4.69) is 0 Å². The van der Waals surface area contributed by atoms with E-state index in [1.54, 1.807) is 0 Å². The third-order valence-electron chi connectivity index (χ3n) is 0. The molecule has 29 valence electrons. The molecule has 0 aromatic carbocycles. The molecule has 0 aromatic heterocycles. The summed E-state index contributed by atoms with van der Waals surface area (Å²) in [6.07, 6.45) is 0. The van der Waals surface area contributed by atoms with Crippen molar-refractivity contribution >= 4 is 9.90 Å². The minimum atomic E-state index is 0. The van der Waals surface area contributed by atoms with Gasteiger partial charge in [0, 0.05) is 64.5 Å². The zero-order chi connectivity index (χ0) is 0. The summed E-state index contributed by atoms with van der Waals surface area (Å²) >= 11 is 0. The van der Waals surface area contributed by atoms with Gasteiger partial charge in [0.25, 0.3) is 0 Å². The van der Waals surface area contributed by atoms with Crippen molar-refractivity contribution in [1.82, 2.24) is 0 Å². The van der Waals surface area contributed by atoms with Crippen LogP contribution in [-0.2, 0) is 54.6 Å². The summed E-state index contributed by atoms with van der Waals surface area (Å²) in [7, 11) is 0. The first kappa shape index (κ1) is 35.5. The smallest absolute Gasteiger partial charge is 0 e. The van der Waals surface area contributed by atoms with Crippen molar-refractivity contribution in [3.8, 4) is 0 Å². The van der Waals surface area contributed by atoms with Crippen molar-refractivity contribution in [3.05, 3.63) is 0 Å². The second kappa shape index (κ2) is 19.3. The van der Waals surface area contributed by atoms with Gasteiger partial charge in [0.15, 0.2) is 0 Å². The molecule has 0 amide bonds. The maximum absolute atomic E-state index is 0. The molecule has 0 heterocycles. The van der Waals surface area contributed by atoms with Crippen molar-refractivity contribution in [2.75, 3.05) is 0 Å². The molecule has 4 heteroatoms. The fourth-order valence-electron chi connectivity index (χ4n) is 0. The monoisotopic (exact) mass is 329 g/mol. The van der Waals surface area contributed by atoms with E-state index in [0.29, 0.717) is 0 Å². The molecular formula is FeNiPW. The van der Waals surface area contributed by atoms with Crippen molar-refractivity contribution in [1.29, 1.82) is 0 Å². The molecule has 0 fully saturated rings. The predicted octanol–water partition coefficient (Wildman–Crippen LogP) is 0.854. The average Bonchev–Trinajstić information content (AvgIpc) is 0. The van der Waals surface area contributed by atoms with Crippen LogP contribution in [0.25, 0.3) is 0 Å². The van der Waals surface area contributed by atoms with E-state index in [9.17, 15) is 0 Å². The van der Waals surface area contributed by atoms with Gasteiger partial charge in [-0.05, 0) is 0 Å². The van der Waals surface area contributed by atoms with E-state index < -0.39 is 0 Å². The second-order valence-corrected chi connectivity index (χ2v) is 0. The van der Waals surface area contributed by atoms with Crippen LogP contribution >= 0.6 is 9.90 Å². The zero-order valence-corrected chi connectivity index (χ0v) is 7.44. The van der Waals surface area contributed by atoms with Crippen molar-refractivity contribution in [2.45, 2.75) is 0 Å². The van der Waals surface area contributed by atoms with Gasteiger partial charge < -0.3 is 0 Å². The summed E-state index contributed by atoms with van der Waals surface area (Å²) in [5, 5.41) is 0. The summed E-state index contributed by atoms with van der Waals surface area (Å²) in [6.45, 7) is 0. The van der Waals surface area contributed by atoms with E-state index in [1.165, 1.54) is 0 Å². The largest absolute Gasteiger partial charge is 0 e. The van der Waals surface area contributed by atoms with Crippen LogP contribution in [-0.4, -0.2) is 0 Å². The summed E-state index contributed by atoms with van der Waals surface area (Å²) in [5.74, 6) is 0. The Morgan fingerprint density at radius 3 is 1.00 bits per heavy atom. The Kier molecular flexibility index (Phi) is 171.